The molecule has 12 heteroatoms. The average molecular weight is 693 g/mol. The third kappa shape index (κ3) is 5.72. The van der Waals surface area contributed by atoms with Gasteiger partial charge in [-0.15, -0.1) is 6.58 Å². The molecule has 0 radical (unpaired) electrons. The quantitative estimate of drug-likeness (QED) is 0.219. The van der Waals surface area contributed by atoms with Crippen LogP contribution >= 0.6 is 0 Å². The predicted octanol–water partition coefficient (Wildman–Crippen LogP) is 3.21. The number of rotatable bonds is 7. The molecule has 3 fully saturated rings. The molecule has 0 heterocycles. The summed E-state index contributed by atoms with van der Waals surface area (Å²) >= 11 is 0. The van der Waals surface area contributed by atoms with Crippen LogP contribution in [0.5, 0.6) is 0 Å². The third-order valence-corrected chi connectivity index (χ3v) is 11.2. The molecule has 2 aromatic rings. The molecule has 50 heavy (non-hydrogen) atoms. The molecule has 0 spiro atoms. The van der Waals surface area contributed by atoms with Crippen molar-refractivity contribution in [2.45, 2.75) is 89.7 Å². The number of carbonyl (C=O) groups is 5. The normalized spacial score (nSPS) is 37.3. The third-order valence-electron chi connectivity index (χ3n) is 11.2. The van der Waals surface area contributed by atoms with Gasteiger partial charge < -0.3 is 34.3 Å². The Kier molecular flexibility index (Phi) is 9.63. The first-order valence-electron chi connectivity index (χ1n) is 16.5. The number of Topliss-reactive ketones (excluding diaryl/α,β-unsaturated/α-hetero) is 1. The van der Waals surface area contributed by atoms with Gasteiger partial charge in [0.25, 0.3) is 0 Å². The predicted molar refractivity (Wildman–Crippen MR) is 176 cm³/mol. The van der Waals surface area contributed by atoms with Crippen molar-refractivity contribution < 1.29 is 58.2 Å². The van der Waals surface area contributed by atoms with Crippen LogP contribution in [0, 0.1) is 28.6 Å². The summed E-state index contributed by atoms with van der Waals surface area (Å²) in [5, 5.41) is 36.9. The van der Waals surface area contributed by atoms with E-state index in [1.807, 2.05) is 0 Å². The summed E-state index contributed by atoms with van der Waals surface area (Å²) in [6.45, 7) is 12.2. The number of ketones is 1. The van der Waals surface area contributed by atoms with Gasteiger partial charge in [0.15, 0.2) is 11.4 Å². The lowest BCUT2D eigenvalue weighted by Gasteiger charge is -2.69. The molecule has 12 nitrogen and oxygen atoms in total. The molecule has 0 unspecified atom stereocenters. The minimum atomic E-state index is -2.76. The summed E-state index contributed by atoms with van der Waals surface area (Å²) < 4.78 is 23.7. The molecule has 5 rings (SSSR count). The summed E-state index contributed by atoms with van der Waals surface area (Å²) in [6.07, 6.45) is -6.86. The fourth-order valence-electron chi connectivity index (χ4n) is 9.12. The summed E-state index contributed by atoms with van der Waals surface area (Å²) in [7, 11) is 0. The lowest BCUT2D eigenvalue weighted by molar-refractivity contribution is -0.320. The smallest absolute Gasteiger partial charge is 0.338 e. The van der Waals surface area contributed by atoms with Crippen molar-refractivity contribution in [3.8, 4) is 0 Å². The first kappa shape index (κ1) is 36.9. The summed E-state index contributed by atoms with van der Waals surface area (Å²) in [4.78, 5) is 67.2. The fraction of sp³-hybridized carbons (Fsp3) is 0.500. The van der Waals surface area contributed by atoms with Crippen molar-refractivity contribution in [1.82, 2.24) is 0 Å². The molecule has 11 atom stereocenters. The highest BCUT2D eigenvalue weighted by Crippen LogP contribution is 2.67. The molecule has 3 aliphatic carbocycles. The molecule has 0 saturated heterocycles. The van der Waals surface area contributed by atoms with Crippen molar-refractivity contribution >= 4 is 29.7 Å². The standard InChI is InChI=1S/C38H44O12/c1-8-24-28(49-32(42)22-15-11-9-12-16-22)29-36(6)25(19-26(47-20(2)39)38(29,46)34(44)37(24,7)45)35(4,5)30(48-21(3)40)27(41)31(36)50-33(43)23-17-13-10-14-18-23/h8-18,24-31,41,45-46H,1,19H2,2-7H3/t24-,25+,26-,27-,28-,29-,30-,31-,36+,37+,38+/m1/s1. The Morgan fingerprint density at radius 3 is 1.76 bits per heavy atom. The van der Waals surface area contributed by atoms with Crippen LogP contribution in [0.4, 0.5) is 0 Å². The van der Waals surface area contributed by atoms with Crippen LogP contribution in [0.2, 0.25) is 0 Å². The Labute approximate surface area is 290 Å². The molecule has 0 bridgehead atoms. The van der Waals surface area contributed by atoms with E-state index in [0.717, 1.165) is 13.8 Å². The van der Waals surface area contributed by atoms with Gasteiger partial charge >= 0.3 is 23.9 Å². The Balaban J connectivity index is 1.81. The Morgan fingerprint density at radius 1 is 0.780 bits per heavy atom. The number of carbonyl (C=O) groups excluding carboxylic acids is 5. The highest BCUT2D eigenvalue weighted by atomic mass is 16.6. The Bertz CT molecular complexity index is 1670. The van der Waals surface area contributed by atoms with E-state index in [1.165, 1.54) is 37.3 Å². The van der Waals surface area contributed by atoms with Crippen LogP contribution in [-0.4, -0.2) is 86.7 Å². The monoisotopic (exact) mass is 692 g/mol. The van der Waals surface area contributed by atoms with Gasteiger partial charge in [0, 0.05) is 30.6 Å². The average Bonchev–Trinajstić information content (AvgIpc) is 3.06. The largest absolute Gasteiger partial charge is 0.459 e. The van der Waals surface area contributed by atoms with Crippen molar-refractivity contribution in [2.24, 2.45) is 28.6 Å². The van der Waals surface area contributed by atoms with Crippen molar-refractivity contribution in [1.29, 1.82) is 0 Å². The highest BCUT2D eigenvalue weighted by molar-refractivity contribution is 5.98. The zero-order chi connectivity index (χ0) is 37.0. The zero-order valence-electron chi connectivity index (χ0n) is 28.9. The Morgan fingerprint density at radius 2 is 1.28 bits per heavy atom. The number of benzene rings is 2. The van der Waals surface area contributed by atoms with Crippen LogP contribution in [0.3, 0.4) is 0 Å². The second kappa shape index (κ2) is 13.1. The number of hydrogen-bond acceptors (Lipinski definition) is 12. The van der Waals surface area contributed by atoms with Crippen LogP contribution < -0.4 is 0 Å². The van der Waals surface area contributed by atoms with E-state index >= 15 is 0 Å². The maximum atomic E-state index is 14.6. The van der Waals surface area contributed by atoms with E-state index in [9.17, 15) is 39.3 Å². The summed E-state index contributed by atoms with van der Waals surface area (Å²) in [5.74, 6) is -8.27. The van der Waals surface area contributed by atoms with Crippen LogP contribution in [-0.2, 0) is 33.3 Å². The first-order chi connectivity index (χ1) is 23.3. The van der Waals surface area contributed by atoms with Gasteiger partial charge in [0.05, 0.1) is 17.0 Å². The van der Waals surface area contributed by atoms with E-state index in [2.05, 4.69) is 6.58 Å². The lowest BCUT2D eigenvalue weighted by Crippen LogP contribution is -2.83. The highest BCUT2D eigenvalue weighted by Gasteiger charge is 2.80. The topological polar surface area (TPSA) is 183 Å². The zero-order valence-corrected chi connectivity index (χ0v) is 28.9. The molecule has 268 valence electrons. The lowest BCUT2D eigenvalue weighted by atomic mass is 9.38. The van der Waals surface area contributed by atoms with E-state index in [0.29, 0.717) is 0 Å². The van der Waals surface area contributed by atoms with E-state index in [-0.39, 0.29) is 17.5 Å². The molecule has 3 saturated carbocycles. The molecule has 3 aliphatic rings. The van der Waals surface area contributed by atoms with E-state index < -0.39 is 100.0 Å². The van der Waals surface area contributed by atoms with Gasteiger partial charge in [-0.1, -0.05) is 63.2 Å². The SMILES string of the molecule is C=C[C@@H]1[C@@H](OC(=O)c2ccccc2)[C@H]2[C@](O)(C(=O)[C@@]1(C)O)[C@H](OC(C)=O)C[C@H]1C(C)(C)[C@H](OC(C)=O)[C@@H](O)[C@@H](OC(=O)c3ccccc3)[C@@]12C. The van der Waals surface area contributed by atoms with Gasteiger partial charge in [0.1, 0.15) is 36.1 Å². The van der Waals surface area contributed by atoms with E-state index in [4.69, 9.17) is 18.9 Å². The van der Waals surface area contributed by atoms with Crippen molar-refractivity contribution in [2.75, 3.05) is 0 Å². The maximum absolute atomic E-state index is 14.6. The molecule has 0 aromatic heterocycles. The Hall–Kier alpha value is -4.39. The number of esters is 4. The van der Waals surface area contributed by atoms with Crippen molar-refractivity contribution in [3.63, 3.8) is 0 Å². The van der Waals surface area contributed by atoms with Gasteiger partial charge in [0.2, 0.25) is 0 Å². The molecule has 2 aromatic carbocycles. The number of ether oxygens (including phenoxy) is 4. The number of aliphatic hydroxyl groups is 3. The molecule has 0 aliphatic heterocycles. The molecule has 3 N–H and O–H groups in total. The molecular formula is C38H44O12. The minimum Gasteiger partial charge on any atom is -0.459 e. The molecular weight excluding hydrogens is 648 g/mol. The van der Waals surface area contributed by atoms with Gasteiger partial charge in [-0.25, -0.2) is 9.59 Å². The van der Waals surface area contributed by atoms with Crippen LogP contribution in [0.1, 0.15) is 68.7 Å². The first-order valence-corrected chi connectivity index (χ1v) is 16.5. The molecule has 0 amide bonds. The van der Waals surface area contributed by atoms with Gasteiger partial charge in [-0.3, -0.25) is 14.4 Å². The van der Waals surface area contributed by atoms with Crippen LogP contribution in [0.25, 0.3) is 0 Å². The van der Waals surface area contributed by atoms with Crippen LogP contribution in [0.15, 0.2) is 73.3 Å². The van der Waals surface area contributed by atoms with Crippen molar-refractivity contribution in [3.05, 3.63) is 84.4 Å². The number of hydrogen-bond donors (Lipinski definition) is 3. The summed E-state index contributed by atoms with van der Waals surface area (Å²) in [6, 6.07) is 15.8. The minimum absolute atomic E-state index is 0.121. The van der Waals surface area contributed by atoms with Gasteiger partial charge in [-0.2, -0.15) is 0 Å². The second-order valence-corrected chi connectivity index (χ2v) is 14.6. The second-order valence-electron chi connectivity index (χ2n) is 14.6. The number of aliphatic hydroxyl groups excluding tert-OH is 1. The summed E-state index contributed by atoms with van der Waals surface area (Å²) in [5.41, 5.74) is -7.84. The van der Waals surface area contributed by atoms with E-state index in [1.54, 1.807) is 57.2 Å². The van der Waals surface area contributed by atoms with Gasteiger partial charge in [-0.05, 0) is 43.5 Å². The maximum Gasteiger partial charge on any atom is 0.338 e. The number of fused-ring (bicyclic) bond motifs is 3. The fourth-order valence-corrected chi connectivity index (χ4v) is 9.12.